The van der Waals surface area contributed by atoms with Gasteiger partial charge in [0.1, 0.15) is 6.07 Å². The normalized spacial score (nSPS) is 15.6. The molecule has 1 heterocycles. The van der Waals surface area contributed by atoms with E-state index < -0.39 is 0 Å². The Labute approximate surface area is 124 Å². The van der Waals surface area contributed by atoms with Crippen LogP contribution in [0.1, 0.15) is 18.4 Å². The lowest BCUT2D eigenvalue weighted by Gasteiger charge is -2.25. The average Bonchev–Trinajstić information content (AvgIpc) is 2.49. The molecule has 1 aliphatic heterocycles. The van der Waals surface area contributed by atoms with Crippen molar-refractivity contribution in [2.24, 2.45) is 0 Å². The van der Waals surface area contributed by atoms with E-state index in [2.05, 4.69) is 16.3 Å². The number of amides is 1. The lowest BCUT2D eigenvalue weighted by atomic mass is 10.2. The minimum Gasteiger partial charge on any atom is -0.325 e. The molecule has 0 aromatic heterocycles. The molecule has 1 aliphatic rings. The molecule has 106 valence electrons. The van der Waals surface area contributed by atoms with Crippen LogP contribution < -0.4 is 5.32 Å². The molecular formula is C15H19N3OS. The van der Waals surface area contributed by atoms with Gasteiger partial charge in [-0.1, -0.05) is 12.1 Å². The fourth-order valence-electron chi connectivity index (χ4n) is 2.19. The van der Waals surface area contributed by atoms with Crippen LogP contribution >= 0.6 is 11.8 Å². The quantitative estimate of drug-likeness (QED) is 0.904. The third kappa shape index (κ3) is 4.55. The predicted octanol–water partition coefficient (Wildman–Crippen LogP) is 2.33. The van der Waals surface area contributed by atoms with Gasteiger partial charge in [-0.2, -0.15) is 17.0 Å². The maximum Gasteiger partial charge on any atom is 0.224 e. The van der Waals surface area contributed by atoms with Gasteiger partial charge in [0.15, 0.2) is 0 Å². The van der Waals surface area contributed by atoms with Gasteiger partial charge in [0.25, 0.3) is 0 Å². The molecule has 1 aromatic rings. The summed E-state index contributed by atoms with van der Waals surface area (Å²) in [5.41, 5.74) is 1.11. The van der Waals surface area contributed by atoms with E-state index in [1.807, 2.05) is 17.8 Å². The number of hydrogen-bond donors (Lipinski definition) is 1. The summed E-state index contributed by atoms with van der Waals surface area (Å²) in [7, 11) is 0. The van der Waals surface area contributed by atoms with Gasteiger partial charge >= 0.3 is 0 Å². The van der Waals surface area contributed by atoms with E-state index in [4.69, 9.17) is 5.26 Å². The molecule has 1 saturated heterocycles. The topological polar surface area (TPSA) is 56.1 Å². The third-order valence-corrected chi connectivity index (χ3v) is 4.25. The Bertz CT molecular complexity index is 492. The molecule has 1 aromatic carbocycles. The van der Waals surface area contributed by atoms with Crippen LogP contribution in [-0.4, -0.2) is 41.9 Å². The number of carbonyl (C=O) groups excluding carboxylic acids is 1. The lowest BCUT2D eigenvalue weighted by molar-refractivity contribution is -0.116. The van der Waals surface area contributed by atoms with Crippen LogP contribution in [0.4, 0.5) is 5.69 Å². The van der Waals surface area contributed by atoms with Gasteiger partial charge in [0, 0.05) is 31.0 Å². The highest BCUT2D eigenvalue weighted by molar-refractivity contribution is 7.99. The van der Waals surface area contributed by atoms with Crippen molar-refractivity contribution < 1.29 is 4.79 Å². The number of nitrogens with zero attached hydrogens (tertiary/aromatic N) is 2. The molecule has 0 atom stereocenters. The maximum atomic E-state index is 11.9. The first-order valence-corrected chi connectivity index (χ1v) is 8.04. The largest absolute Gasteiger partial charge is 0.325 e. The van der Waals surface area contributed by atoms with E-state index in [0.717, 1.165) is 26.1 Å². The van der Waals surface area contributed by atoms with Gasteiger partial charge in [-0.15, -0.1) is 0 Å². The summed E-state index contributed by atoms with van der Waals surface area (Å²) in [6.45, 7) is 3.24. The van der Waals surface area contributed by atoms with Crippen LogP contribution in [0, 0.1) is 11.3 Å². The summed E-state index contributed by atoms with van der Waals surface area (Å²) in [6.07, 6.45) is 1.37. The summed E-state index contributed by atoms with van der Waals surface area (Å²) in [4.78, 5) is 14.3. The third-order valence-electron chi connectivity index (χ3n) is 3.30. The number of rotatable bonds is 5. The van der Waals surface area contributed by atoms with Gasteiger partial charge in [0.05, 0.1) is 11.3 Å². The first kappa shape index (κ1) is 14.9. The first-order chi connectivity index (χ1) is 9.79. The molecule has 0 radical (unpaired) electrons. The van der Waals surface area contributed by atoms with Crippen molar-refractivity contribution in [1.29, 1.82) is 5.26 Å². The molecule has 0 unspecified atom stereocenters. The fraction of sp³-hybridized carbons (Fsp3) is 0.467. The highest BCUT2D eigenvalue weighted by Crippen LogP contribution is 2.14. The SMILES string of the molecule is N#Cc1ccccc1NC(=O)CCCN1CCSCC1. The van der Waals surface area contributed by atoms with Gasteiger partial charge in [-0.25, -0.2) is 0 Å². The minimum absolute atomic E-state index is 0.0147. The van der Waals surface area contributed by atoms with Crippen LogP contribution in [0.3, 0.4) is 0 Å². The zero-order chi connectivity index (χ0) is 14.2. The number of hydrogen-bond acceptors (Lipinski definition) is 4. The zero-order valence-corrected chi connectivity index (χ0v) is 12.3. The molecule has 5 heteroatoms. The lowest BCUT2D eigenvalue weighted by Crippen LogP contribution is -2.33. The van der Waals surface area contributed by atoms with Crippen LogP contribution in [0.25, 0.3) is 0 Å². The van der Waals surface area contributed by atoms with Crippen molar-refractivity contribution >= 4 is 23.4 Å². The molecule has 0 spiro atoms. The summed E-state index contributed by atoms with van der Waals surface area (Å²) in [6, 6.07) is 9.17. The fourth-order valence-corrected chi connectivity index (χ4v) is 3.17. The monoisotopic (exact) mass is 289 g/mol. The average molecular weight is 289 g/mol. The van der Waals surface area contributed by atoms with Gasteiger partial charge in [0.2, 0.25) is 5.91 Å². The van der Waals surface area contributed by atoms with Crippen molar-refractivity contribution in [1.82, 2.24) is 4.90 Å². The van der Waals surface area contributed by atoms with E-state index in [0.29, 0.717) is 17.7 Å². The number of nitrogens with one attached hydrogen (secondary N) is 1. The number of nitriles is 1. The van der Waals surface area contributed by atoms with E-state index in [1.54, 1.807) is 18.2 Å². The minimum atomic E-state index is -0.0147. The van der Waals surface area contributed by atoms with Crippen molar-refractivity contribution in [3.63, 3.8) is 0 Å². The standard InChI is InChI=1S/C15H19N3OS/c16-12-13-4-1-2-5-14(13)17-15(19)6-3-7-18-8-10-20-11-9-18/h1-2,4-5H,3,6-11H2,(H,17,19). The van der Waals surface area contributed by atoms with E-state index in [-0.39, 0.29) is 5.91 Å². The molecule has 1 N–H and O–H groups in total. The molecule has 20 heavy (non-hydrogen) atoms. The first-order valence-electron chi connectivity index (χ1n) is 6.88. The van der Waals surface area contributed by atoms with Crippen LogP contribution in [0.15, 0.2) is 24.3 Å². The highest BCUT2D eigenvalue weighted by Gasteiger charge is 2.11. The molecule has 0 saturated carbocycles. The Morgan fingerprint density at radius 3 is 2.85 bits per heavy atom. The predicted molar refractivity (Wildman–Crippen MR) is 82.8 cm³/mol. The van der Waals surface area contributed by atoms with Gasteiger partial charge in [-0.05, 0) is 25.1 Å². The Morgan fingerprint density at radius 2 is 2.10 bits per heavy atom. The van der Waals surface area contributed by atoms with Crippen molar-refractivity contribution in [3.05, 3.63) is 29.8 Å². The summed E-state index contributed by atoms with van der Waals surface area (Å²) in [5, 5.41) is 11.8. The summed E-state index contributed by atoms with van der Waals surface area (Å²) in [5.74, 6) is 2.38. The van der Waals surface area contributed by atoms with E-state index in [1.165, 1.54) is 11.5 Å². The number of benzene rings is 1. The van der Waals surface area contributed by atoms with Crippen LogP contribution in [0.5, 0.6) is 0 Å². The molecule has 0 aliphatic carbocycles. The number of carbonyl (C=O) groups is 1. The van der Waals surface area contributed by atoms with Crippen LogP contribution in [-0.2, 0) is 4.79 Å². The van der Waals surface area contributed by atoms with Crippen molar-refractivity contribution in [3.8, 4) is 6.07 Å². The van der Waals surface area contributed by atoms with E-state index >= 15 is 0 Å². The Kier molecular flexibility index (Phi) is 5.90. The second-order valence-corrected chi connectivity index (χ2v) is 5.99. The Hall–Kier alpha value is -1.51. The molecule has 0 bridgehead atoms. The Balaban J connectivity index is 1.73. The van der Waals surface area contributed by atoms with E-state index in [9.17, 15) is 4.79 Å². The molecule has 4 nitrogen and oxygen atoms in total. The Morgan fingerprint density at radius 1 is 1.35 bits per heavy atom. The molecule has 1 amide bonds. The molecule has 2 rings (SSSR count). The smallest absolute Gasteiger partial charge is 0.224 e. The molecular weight excluding hydrogens is 270 g/mol. The second kappa shape index (κ2) is 7.93. The summed E-state index contributed by atoms with van der Waals surface area (Å²) >= 11 is 1.99. The maximum absolute atomic E-state index is 11.9. The van der Waals surface area contributed by atoms with Gasteiger partial charge in [-0.3, -0.25) is 4.79 Å². The number of para-hydroxylation sites is 1. The van der Waals surface area contributed by atoms with Crippen LogP contribution in [0.2, 0.25) is 0 Å². The zero-order valence-electron chi connectivity index (χ0n) is 11.5. The van der Waals surface area contributed by atoms with Gasteiger partial charge < -0.3 is 10.2 Å². The highest BCUT2D eigenvalue weighted by atomic mass is 32.2. The summed E-state index contributed by atoms with van der Waals surface area (Å²) < 4.78 is 0. The van der Waals surface area contributed by atoms with Crippen molar-refractivity contribution in [2.75, 3.05) is 36.5 Å². The second-order valence-electron chi connectivity index (χ2n) is 4.76. The number of anilines is 1. The van der Waals surface area contributed by atoms with Crippen molar-refractivity contribution in [2.45, 2.75) is 12.8 Å². The number of thioether (sulfide) groups is 1. The molecule has 1 fully saturated rings.